The predicted molar refractivity (Wildman–Crippen MR) is 85.0 cm³/mol. The van der Waals surface area contributed by atoms with Crippen LogP contribution in [0.4, 0.5) is 5.69 Å². The summed E-state index contributed by atoms with van der Waals surface area (Å²) < 4.78 is 9.85. The van der Waals surface area contributed by atoms with E-state index in [0.29, 0.717) is 11.4 Å². The van der Waals surface area contributed by atoms with Crippen LogP contribution in [0.2, 0.25) is 5.02 Å². The number of esters is 1. The summed E-state index contributed by atoms with van der Waals surface area (Å²) in [4.78, 5) is 23.6. The molecule has 2 N–H and O–H groups in total. The van der Waals surface area contributed by atoms with E-state index in [1.165, 1.54) is 25.3 Å². The van der Waals surface area contributed by atoms with Crippen molar-refractivity contribution in [1.82, 2.24) is 0 Å². The number of halogens is 1. The Morgan fingerprint density at radius 1 is 1.17 bits per heavy atom. The SMILES string of the molecule is COc1ccc(NC(=O)COC(=O)c2cc(Cl)ccc2O)cc1. The lowest BCUT2D eigenvalue weighted by atomic mass is 10.2. The molecule has 0 aliphatic rings. The number of ether oxygens (including phenoxy) is 2. The molecule has 120 valence electrons. The maximum Gasteiger partial charge on any atom is 0.342 e. The van der Waals surface area contributed by atoms with Crippen molar-refractivity contribution in [1.29, 1.82) is 0 Å². The van der Waals surface area contributed by atoms with Gasteiger partial charge < -0.3 is 19.9 Å². The Hall–Kier alpha value is -2.73. The molecule has 0 spiro atoms. The van der Waals surface area contributed by atoms with E-state index < -0.39 is 18.5 Å². The van der Waals surface area contributed by atoms with Crippen molar-refractivity contribution in [3.63, 3.8) is 0 Å². The number of aromatic hydroxyl groups is 1. The van der Waals surface area contributed by atoms with Crippen molar-refractivity contribution in [2.45, 2.75) is 0 Å². The number of phenols is 1. The second-order valence-corrected chi connectivity index (χ2v) is 4.95. The molecule has 0 aliphatic heterocycles. The second-order valence-electron chi connectivity index (χ2n) is 4.51. The van der Waals surface area contributed by atoms with E-state index in [4.69, 9.17) is 21.1 Å². The lowest BCUT2D eigenvalue weighted by Crippen LogP contribution is -2.20. The largest absolute Gasteiger partial charge is 0.507 e. The number of nitrogens with one attached hydrogen (secondary N) is 1. The van der Waals surface area contributed by atoms with Gasteiger partial charge >= 0.3 is 5.97 Å². The number of rotatable bonds is 5. The number of hydrogen-bond donors (Lipinski definition) is 2. The molecule has 0 heterocycles. The normalized spacial score (nSPS) is 10.0. The van der Waals surface area contributed by atoms with Crippen LogP contribution in [0.5, 0.6) is 11.5 Å². The van der Waals surface area contributed by atoms with Crippen LogP contribution in [-0.4, -0.2) is 30.7 Å². The summed E-state index contributed by atoms with van der Waals surface area (Å²) in [5, 5.41) is 12.4. The number of carbonyl (C=O) groups is 2. The van der Waals surface area contributed by atoms with Crippen LogP contribution in [0.3, 0.4) is 0 Å². The first-order chi connectivity index (χ1) is 11.0. The molecule has 0 bridgehead atoms. The summed E-state index contributed by atoms with van der Waals surface area (Å²) in [5.41, 5.74) is 0.437. The minimum atomic E-state index is -0.838. The molecule has 0 saturated heterocycles. The second kappa shape index (κ2) is 7.51. The van der Waals surface area contributed by atoms with Gasteiger partial charge in [-0.3, -0.25) is 4.79 Å². The Morgan fingerprint density at radius 2 is 1.87 bits per heavy atom. The van der Waals surface area contributed by atoms with Crippen molar-refractivity contribution in [2.75, 3.05) is 19.0 Å². The maximum absolute atomic E-state index is 11.8. The summed E-state index contributed by atoms with van der Waals surface area (Å²) in [6, 6.07) is 10.7. The van der Waals surface area contributed by atoms with Gasteiger partial charge in [-0.05, 0) is 42.5 Å². The molecule has 2 rings (SSSR count). The molecule has 0 atom stereocenters. The van der Waals surface area contributed by atoms with Crippen LogP contribution in [-0.2, 0) is 9.53 Å². The Kier molecular flexibility index (Phi) is 5.43. The highest BCUT2D eigenvalue weighted by Gasteiger charge is 2.15. The van der Waals surface area contributed by atoms with E-state index in [9.17, 15) is 14.7 Å². The number of anilines is 1. The average Bonchev–Trinajstić information content (AvgIpc) is 2.55. The van der Waals surface area contributed by atoms with Gasteiger partial charge in [0.2, 0.25) is 0 Å². The van der Waals surface area contributed by atoms with Gasteiger partial charge in [-0.15, -0.1) is 0 Å². The zero-order valence-electron chi connectivity index (χ0n) is 12.2. The molecule has 1 amide bonds. The van der Waals surface area contributed by atoms with Gasteiger partial charge in [0, 0.05) is 10.7 Å². The number of methoxy groups -OCH3 is 1. The van der Waals surface area contributed by atoms with E-state index in [1.807, 2.05) is 0 Å². The molecule has 0 saturated carbocycles. The van der Waals surface area contributed by atoms with Gasteiger partial charge in [-0.1, -0.05) is 11.6 Å². The van der Waals surface area contributed by atoms with Gasteiger partial charge in [-0.2, -0.15) is 0 Å². The van der Waals surface area contributed by atoms with Crippen LogP contribution in [0.1, 0.15) is 10.4 Å². The summed E-state index contributed by atoms with van der Waals surface area (Å²) in [7, 11) is 1.54. The van der Waals surface area contributed by atoms with Gasteiger partial charge in [0.25, 0.3) is 5.91 Å². The first-order valence-electron chi connectivity index (χ1n) is 6.59. The third-order valence-corrected chi connectivity index (χ3v) is 3.12. The maximum atomic E-state index is 11.8. The highest BCUT2D eigenvalue weighted by Crippen LogP contribution is 2.22. The molecule has 0 unspecified atom stereocenters. The Labute approximate surface area is 137 Å². The molecular weight excluding hydrogens is 322 g/mol. The monoisotopic (exact) mass is 335 g/mol. The smallest absolute Gasteiger partial charge is 0.342 e. The summed E-state index contributed by atoms with van der Waals surface area (Å²) in [6.07, 6.45) is 0. The van der Waals surface area contributed by atoms with Gasteiger partial charge in [0.05, 0.1) is 7.11 Å². The molecule has 0 radical (unpaired) electrons. The van der Waals surface area contributed by atoms with Crippen LogP contribution in [0.25, 0.3) is 0 Å². The number of benzene rings is 2. The van der Waals surface area contributed by atoms with Crippen molar-refractivity contribution >= 4 is 29.2 Å². The first kappa shape index (κ1) is 16.6. The minimum absolute atomic E-state index is 0.102. The van der Waals surface area contributed by atoms with Crippen molar-refractivity contribution < 1.29 is 24.2 Å². The fourth-order valence-corrected chi connectivity index (χ4v) is 1.92. The van der Waals surface area contributed by atoms with Gasteiger partial charge in [0.15, 0.2) is 6.61 Å². The van der Waals surface area contributed by atoms with Crippen LogP contribution in [0, 0.1) is 0 Å². The van der Waals surface area contributed by atoms with Crippen LogP contribution in [0.15, 0.2) is 42.5 Å². The van der Waals surface area contributed by atoms with Gasteiger partial charge in [-0.25, -0.2) is 4.79 Å². The van der Waals surface area contributed by atoms with Crippen LogP contribution < -0.4 is 10.1 Å². The van der Waals surface area contributed by atoms with E-state index in [0.717, 1.165) is 0 Å². The molecule has 0 fully saturated rings. The zero-order chi connectivity index (χ0) is 16.8. The topological polar surface area (TPSA) is 84.9 Å². The van der Waals surface area contributed by atoms with E-state index in [2.05, 4.69) is 5.32 Å². The van der Waals surface area contributed by atoms with Crippen LogP contribution >= 0.6 is 11.6 Å². The Balaban J connectivity index is 1.90. The number of phenolic OH excluding ortho intramolecular Hbond substituents is 1. The molecule has 0 aliphatic carbocycles. The highest BCUT2D eigenvalue weighted by atomic mass is 35.5. The Morgan fingerprint density at radius 3 is 2.52 bits per heavy atom. The summed E-state index contributed by atoms with van der Waals surface area (Å²) in [6.45, 7) is -0.489. The number of hydrogen-bond acceptors (Lipinski definition) is 5. The summed E-state index contributed by atoms with van der Waals surface area (Å²) >= 11 is 5.75. The molecule has 2 aromatic carbocycles. The number of amides is 1. The lowest BCUT2D eigenvalue weighted by Gasteiger charge is -2.08. The Bertz CT molecular complexity index is 715. The average molecular weight is 336 g/mol. The fourth-order valence-electron chi connectivity index (χ4n) is 1.75. The molecule has 23 heavy (non-hydrogen) atoms. The zero-order valence-corrected chi connectivity index (χ0v) is 13.0. The molecule has 6 nitrogen and oxygen atoms in total. The molecular formula is C16H14ClNO5. The van der Waals surface area contributed by atoms with E-state index in [-0.39, 0.29) is 16.3 Å². The third kappa shape index (κ3) is 4.62. The predicted octanol–water partition coefficient (Wildman–Crippen LogP) is 2.85. The minimum Gasteiger partial charge on any atom is -0.507 e. The van der Waals surface area contributed by atoms with Crippen molar-refractivity contribution in [3.05, 3.63) is 53.1 Å². The first-order valence-corrected chi connectivity index (χ1v) is 6.97. The number of carbonyl (C=O) groups excluding carboxylic acids is 2. The lowest BCUT2D eigenvalue weighted by molar-refractivity contribution is -0.119. The van der Waals surface area contributed by atoms with E-state index in [1.54, 1.807) is 24.3 Å². The van der Waals surface area contributed by atoms with Gasteiger partial charge in [0.1, 0.15) is 17.1 Å². The fraction of sp³-hybridized carbons (Fsp3) is 0.125. The quantitative estimate of drug-likeness (QED) is 0.821. The third-order valence-electron chi connectivity index (χ3n) is 2.89. The summed E-state index contributed by atoms with van der Waals surface area (Å²) in [5.74, 6) is -0.958. The van der Waals surface area contributed by atoms with E-state index >= 15 is 0 Å². The highest BCUT2D eigenvalue weighted by molar-refractivity contribution is 6.31. The van der Waals surface area contributed by atoms with Crippen molar-refractivity contribution in [2.24, 2.45) is 0 Å². The molecule has 2 aromatic rings. The van der Waals surface area contributed by atoms with Crippen molar-refractivity contribution in [3.8, 4) is 11.5 Å². The standard InChI is InChI=1S/C16H14ClNO5/c1-22-12-5-3-11(4-6-12)18-15(20)9-23-16(21)13-8-10(17)2-7-14(13)19/h2-8,19H,9H2,1H3,(H,18,20). The molecule has 7 heteroatoms. The molecule has 0 aromatic heterocycles.